The van der Waals surface area contributed by atoms with Crippen molar-refractivity contribution in [1.29, 1.82) is 0 Å². The molecule has 2 aromatic carbocycles. The quantitative estimate of drug-likeness (QED) is 0.418. The van der Waals surface area contributed by atoms with Crippen molar-refractivity contribution in [3.8, 4) is 17.1 Å². The van der Waals surface area contributed by atoms with Crippen molar-refractivity contribution in [2.75, 3.05) is 0 Å². The summed E-state index contributed by atoms with van der Waals surface area (Å²) < 4.78 is 7.96. The second kappa shape index (κ2) is 7.64. The Balaban J connectivity index is 1.40. The molecule has 3 amide bonds. The Bertz CT molecular complexity index is 1320. The van der Waals surface area contributed by atoms with Gasteiger partial charge in [-0.1, -0.05) is 24.3 Å². The van der Waals surface area contributed by atoms with E-state index in [2.05, 4.69) is 47.0 Å². The first-order valence-corrected chi connectivity index (χ1v) is 10.3. The maximum absolute atomic E-state index is 13.3. The lowest BCUT2D eigenvalue weighted by Crippen LogP contribution is -2.40. The van der Waals surface area contributed by atoms with E-state index in [-0.39, 0.29) is 18.3 Å². The number of amides is 3. The van der Waals surface area contributed by atoms with Crippen molar-refractivity contribution >= 4 is 27.9 Å². The van der Waals surface area contributed by atoms with Crippen LogP contribution in [0.15, 0.2) is 63.7 Å². The Morgan fingerprint density at radius 3 is 2.75 bits per heavy atom. The molecule has 0 aliphatic carbocycles. The van der Waals surface area contributed by atoms with E-state index < -0.39 is 17.5 Å². The minimum atomic E-state index is -1.27. The van der Waals surface area contributed by atoms with Crippen molar-refractivity contribution in [3.63, 3.8) is 0 Å². The van der Waals surface area contributed by atoms with Crippen LogP contribution in [0.3, 0.4) is 0 Å². The summed E-state index contributed by atoms with van der Waals surface area (Å²) in [4.78, 5) is 27.0. The number of carbonyl (C=O) groups excluding carboxylic acids is 2. The number of hydrogen-bond donors (Lipinski definition) is 1. The van der Waals surface area contributed by atoms with Gasteiger partial charge in [-0.3, -0.25) is 9.69 Å². The standard InChI is InChI=1S/C20H15BrN8O3/c1-20(12-5-4-6-13(9-12)29-11-22-26-27-29)18(30)28(19(31)23-20)10-16-24-25-17(32-16)14-7-2-3-8-15(14)21/h2-9,11H,10H2,1H3,(H,23,31). The molecule has 1 fully saturated rings. The molecule has 5 rings (SSSR count). The molecule has 160 valence electrons. The molecule has 0 saturated carbocycles. The van der Waals surface area contributed by atoms with Gasteiger partial charge in [0, 0.05) is 4.47 Å². The number of hydrogen-bond acceptors (Lipinski definition) is 8. The fraction of sp³-hybridized carbons (Fsp3) is 0.150. The second-order valence-corrected chi connectivity index (χ2v) is 8.09. The Morgan fingerprint density at radius 2 is 1.97 bits per heavy atom. The second-order valence-electron chi connectivity index (χ2n) is 7.23. The highest BCUT2D eigenvalue weighted by Crippen LogP contribution is 2.31. The molecule has 1 aliphatic heterocycles. The zero-order valence-electron chi connectivity index (χ0n) is 16.6. The Morgan fingerprint density at radius 1 is 1.12 bits per heavy atom. The van der Waals surface area contributed by atoms with Crippen LogP contribution < -0.4 is 5.32 Å². The van der Waals surface area contributed by atoms with E-state index in [0.29, 0.717) is 16.8 Å². The molecule has 0 bridgehead atoms. The summed E-state index contributed by atoms with van der Waals surface area (Å²) >= 11 is 3.44. The van der Waals surface area contributed by atoms with Gasteiger partial charge in [0.25, 0.3) is 5.91 Å². The van der Waals surface area contributed by atoms with Crippen molar-refractivity contribution in [2.24, 2.45) is 0 Å². The van der Waals surface area contributed by atoms with Crippen molar-refractivity contribution < 1.29 is 14.0 Å². The van der Waals surface area contributed by atoms with E-state index in [9.17, 15) is 9.59 Å². The average molecular weight is 495 g/mol. The summed E-state index contributed by atoms with van der Waals surface area (Å²) in [6.45, 7) is 1.50. The molecule has 0 spiro atoms. The van der Waals surface area contributed by atoms with Crippen molar-refractivity contribution in [2.45, 2.75) is 19.0 Å². The highest BCUT2D eigenvalue weighted by molar-refractivity contribution is 9.10. The number of urea groups is 1. The Labute approximate surface area is 189 Å². The first kappa shape index (κ1) is 20.0. The molecule has 11 nitrogen and oxygen atoms in total. The van der Waals surface area contributed by atoms with Crippen LogP contribution in [0.1, 0.15) is 18.4 Å². The smallest absolute Gasteiger partial charge is 0.325 e. The SMILES string of the molecule is CC1(c2cccc(-n3cnnn3)c2)NC(=O)N(Cc2nnc(-c3ccccc3Br)o2)C1=O. The van der Waals surface area contributed by atoms with E-state index in [1.54, 1.807) is 31.2 Å². The number of halogens is 1. The molecule has 1 unspecified atom stereocenters. The van der Waals surface area contributed by atoms with Crippen LogP contribution in [0.5, 0.6) is 0 Å². The highest BCUT2D eigenvalue weighted by Gasteiger charge is 2.49. The predicted molar refractivity (Wildman–Crippen MR) is 113 cm³/mol. The number of rotatable bonds is 5. The lowest BCUT2D eigenvalue weighted by Gasteiger charge is -2.22. The topological polar surface area (TPSA) is 132 Å². The largest absolute Gasteiger partial charge is 0.419 e. The van der Waals surface area contributed by atoms with Crippen LogP contribution in [0, 0.1) is 0 Å². The van der Waals surface area contributed by atoms with Crippen LogP contribution in [0.4, 0.5) is 4.79 Å². The van der Waals surface area contributed by atoms with Crippen LogP contribution in [0.2, 0.25) is 0 Å². The summed E-state index contributed by atoms with van der Waals surface area (Å²) in [5.74, 6) is -0.000570. The number of nitrogens with zero attached hydrogens (tertiary/aromatic N) is 7. The van der Waals surface area contributed by atoms with E-state index in [4.69, 9.17) is 4.42 Å². The first-order valence-electron chi connectivity index (χ1n) is 9.51. The number of tetrazole rings is 1. The van der Waals surface area contributed by atoms with Gasteiger partial charge in [-0.15, -0.1) is 15.3 Å². The van der Waals surface area contributed by atoms with Gasteiger partial charge in [-0.05, 0) is 63.1 Å². The van der Waals surface area contributed by atoms with Gasteiger partial charge in [0.15, 0.2) is 0 Å². The monoisotopic (exact) mass is 494 g/mol. The molecule has 12 heteroatoms. The number of benzene rings is 2. The normalized spacial score (nSPS) is 18.2. The predicted octanol–water partition coefficient (Wildman–Crippen LogP) is 2.44. The van der Waals surface area contributed by atoms with Crippen LogP contribution >= 0.6 is 15.9 Å². The molecule has 3 heterocycles. The van der Waals surface area contributed by atoms with Crippen LogP contribution in [0.25, 0.3) is 17.1 Å². The summed E-state index contributed by atoms with van der Waals surface area (Å²) in [6.07, 6.45) is 1.45. The molecule has 1 aliphatic rings. The van der Waals surface area contributed by atoms with Crippen LogP contribution in [-0.2, 0) is 16.9 Å². The lowest BCUT2D eigenvalue weighted by molar-refractivity contribution is -0.131. The number of imide groups is 1. The fourth-order valence-electron chi connectivity index (χ4n) is 3.47. The summed E-state index contributed by atoms with van der Waals surface area (Å²) in [7, 11) is 0. The van der Waals surface area contributed by atoms with E-state index >= 15 is 0 Å². The Kier molecular flexibility index (Phi) is 4.78. The molecule has 1 atom stereocenters. The Hall–Kier alpha value is -3.93. The summed E-state index contributed by atoms with van der Waals surface area (Å²) in [5.41, 5.74) is 0.689. The third kappa shape index (κ3) is 3.34. The molecule has 4 aromatic rings. The molecule has 1 saturated heterocycles. The maximum Gasteiger partial charge on any atom is 0.325 e. The number of carbonyl (C=O) groups is 2. The zero-order chi connectivity index (χ0) is 22.3. The van der Waals surface area contributed by atoms with E-state index in [1.165, 1.54) is 11.0 Å². The van der Waals surface area contributed by atoms with Crippen molar-refractivity contribution in [3.05, 3.63) is 70.8 Å². The minimum Gasteiger partial charge on any atom is -0.419 e. The molecular weight excluding hydrogens is 480 g/mol. The number of aromatic nitrogens is 6. The molecule has 2 aromatic heterocycles. The van der Waals surface area contributed by atoms with Gasteiger partial charge in [-0.25, -0.2) is 9.48 Å². The van der Waals surface area contributed by atoms with E-state index in [0.717, 1.165) is 9.37 Å². The van der Waals surface area contributed by atoms with Gasteiger partial charge in [0.2, 0.25) is 11.8 Å². The first-order chi connectivity index (χ1) is 15.5. The van der Waals surface area contributed by atoms with Gasteiger partial charge < -0.3 is 9.73 Å². The van der Waals surface area contributed by atoms with Gasteiger partial charge >= 0.3 is 6.03 Å². The number of nitrogens with one attached hydrogen (secondary N) is 1. The third-order valence-electron chi connectivity index (χ3n) is 5.18. The summed E-state index contributed by atoms with van der Waals surface area (Å²) in [6, 6.07) is 13.9. The van der Waals surface area contributed by atoms with Gasteiger partial charge in [-0.2, -0.15) is 0 Å². The van der Waals surface area contributed by atoms with Crippen molar-refractivity contribution in [1.82, 2.24) is 40.6 Å². The zero-order valence-corrected chi connectivity index (χ0v) is 18.2. The molecule has 1 N–H and O–H groups in total. The van der Waals surface area contributed by atoms with Crippen LogP contribution in [-0.4, -0.2) is 47.2 Å². The fourth-order valence-corrected chi connectivity index (χ4v) is 3.93. The summed E-state index contributed by atoms with van der Waals surface area (Å²) in [5, 5.41) is 21.9. The molecule has 32 heavy (non-hydrogen) atoms. The van der Waals surface area contributed by atoms with Gasteiger partial charge in [0.05, 0.1) is 11.3 Å². The molecular formula is C20H15BrN8O3. The molecule has 0 radical (unpaired) electrons. The minimum absolute atomic E-state index is 0.144. The van der Waals surface area contributed by atoms with E-state index in [1.807, 2.05) is 24.3 Å². The average Bonchev–Trinajstić information content (AvgIpc) is 3.53. The maximum atomic E-state index is 13.3. The lowest BCUT2D eigenvalue weighted by atomic mass is 9.91. The highest BCUT2D eigenvalue weighted by atomic mass is 79.9. The third-order valence-corrected chi connectivity index (χ3v) is 5.87. The van der Waals surface area contributed by atoms with Gasteiger partial charge in [0.1, 0.15) is 18.4 Å².